The van der Waals surface area contributed by atoms with Crippen molar-refractivity contribution in [3.05, 3.63) is 104 Å². The molecule has 38 heavy (non-hydrogen) atoms. The molecule has 1 amide bonds. The number of carbonyl (C=O) groups is 1. The summed E-state index contributed by atoms with van der Waals surface area (Å²) in [5.41, 5.74) is 1.39. The van der Waals surface area contributed by atoms with Crippen LogP contribution < -0.4 is 5.32 Å². The van der Waals surface area contributed by atoms with Gasteiger partial charge in [0.1, 0.15) is 0 Å². The summed E-state index contributed by atoms with van der Waals surface area (Å²) in [4.78, 5) is 18.7. The van der Waals surface area contributed by atoms with Crippen LogP contribution in [0.3, 0.4) is 0 Å². The third-order valence-corrected chi connectivity index (χ3v) is 8.63. The lowest BCUT2D eigenvalue weighted by atomic mass is 9.81. The Balaban J connectivity index is 1.46. The molecule has 2 aliphatic heterocycles. The van der Waals surface area contributed by atoms with Crippen molar-refractivity contribution in [1.82, 2.24) is 5.32 Å². The smallest absolute Gasteiger partial charge is 0.379 e. The molecule has 0 aromatic heterocycles. The molecule has 3 aromatic carbocycles. The van der Waals surface area contributed by atoms with E-state index in [0.29, 0.717) is 55.1 Å². The van der Waals surface area contributed by atoms with Crippen molar-refractivity contribution in [1.29, 1.82) is 0 Å². The number of carbonyl (C=O) groups excluding carboxylic acids is 1. The largest absolute Gasteiger partial charge is 0.416 e. The zero-order valence-corrected chi connectivity index (χ0v) is 22.3. The first-order chi connectivity index (χ1) is 17.9. The highest BCUT2D eigenvalue weighted by Gasteiger charge is 2.44. The van der Waals surface area contributed by atoms with E-state index in [1.165, 1.54) is 12.1 Å². The van der Waals surface area contributed by atoms with Gasteiger partial charge in [-0.05, 0) is 60.5 Å². The normalized spacial score (nSPS) is 22.8. The molecule has 1 N–H and O–H groups in total. The van der Waals surface area contributed by atoms with Crippen molar-refractivity contribution in [2.45, 2.75) is 31.2 Å². The van der Waals surface area contributed by atoms with Gasteiger partial charge in [0, 0.05) is 55.5 Å². The summed E-state index contributed by atoms with van der Waals surface area (Å²) < 4.78 is 50.9. The molecule has 2 aliphatic rings. The van der Waals surface area contributed by atoms with Crippen molar-refractivity contribution >= 4 is 45.6 Å². The molecule has 11 heteroatoms. The molecular formula is C27H21Cl2F3N2O3S. The Kier molecular flexibility index (Phi) is 7.04. The maximum absolute atomic E-state index is 13.2. The summed E-state index contributed by atoms with van der Waals surface area (Å²) in [6.45, 7) is 1.80. The van der Waals surface area contributed by atoms with Gasteiger partial charge in [0.2, 0.25) is 0 Å². The summed E-state index contributed by atoms with van der Waals surface area (Å²) in [6, 6.07) is 14.7. The molecule has 1 unspecified atom stereocenters. The predicted octanol–water partition coefficient (Wildman–Crippen LogP) is 6.25. The molecule has 5 nitrogen and oxygen atoms in total. The van der Waals surface area contributed by atoms with Crippen LogP contribution in [0.1, 0.15) is 44.6 Å². The maximum Gasteiger partial charge on any atom is 0.416 e. The Labute approximate surface area is 229 Å². The van der Waals surface area contributed by atoms with Crippen molar-refractivity contribution in [3.63, 3.8) is 0 Å². The average Bonchev–Trinajstić information content (AvgIpc) is 3.29. The van der Waals surface area contributed by atoms with Gasteiger partial charge in [-0.15, -0.1) is 0 Å². The van der Waals surface area contributed by atoms with Crippen LogP contribution >= 0.6 is 23.2 Å². The zero-order chi connectivity index (χ0) is 27.2. The molecule has 0 bridgehead atoms. The summed E-state index contributed by atoms with van der Waals surface area (Å²) in [5, 5.41) is 7.88. The number of nitrogens with zero attached hydrogens (tertiary/aromatic N) is 1. The van der Waals surface area contributed by atoms with Gasteiger partial charge < -0.3 is 10.2 Å². The van der Waals surface area contributed by atoms with Crippen LogP contribution in [0.4, 0.5) is 13.2 Å². The first kappa shape index (κ1) is 26.7. The topological polar surface area (TPSA) is 67.8 Å². The van der Waals surface area contributed by atoms with E-state index in [4.69, 9.17) is 28.0 Å². The van der Waals surface area contributed by atoms with Gasteiger partial charge in [-0.1, -0.05) is 46.6 Å². The Morgan fingerprint density at radius 3 is 2.26 bits per heavy atom. The second-order valence-corrected chi connectivity index (χ2v) is 11.8. The third kappa shape index (κ3) is 5.19. The van der Waals surface area contributed by atoms with Crippen molar-refractivity contribution in [3.8, 4) is 0 Å². The van der Waals surface area contributed by atoms with E-state index in [1.807, 2.05) is 6.07 Å². The highest BCUT2D eigenvalue weighted by atomic mass is 35.5. The zero-order valence-electron chi connectivity index (χ0n) is 19.9. The monoisotopic (exact) mass is 580 g/mol. The fourth-order valence-electron chi connectivity index (χ4n) is 4.62. The number of rotatable bonds is 5. The first-order valence-electron chi connectivity index (χ1n) is 11.6. The van der Waals surface area contributed by atoms with Gasteiger partial charge in [-0.2, -0.15) is 13.2 Å². The molecule has 1 saturated heterocycles. The molecule has 0 aliphatic carbocycles. The first-order valence-corrected chi connectivity index (χ1v) is 13.9. The van der Waals surface area contributed by atoms with Gasteiger partial charge in [-0.3, -0.25) is 9.00 Å². The molecule has 198 valence electrons. The van der Waals surface area contributed by atoms with E-state index >= 15 is 0 Å². The number of hydrogen-bond acceptors (Lipinski definition) is 4. The molecule has 3 aromatic rings. The standard InChI is InChI=1S/C27H21Cl2F3N2O3S/c1-15-8-16(2-7-23(15)25(35)33-22-13-38(36)14-22)24-12-26(37-34-24,19-9-20(28)11-21(29)10-19)17-3-5-18(6-4-17)27(30,31)32/h2-11,22H,12-14H2,1H3,(H,33,35). The van der Waals surface area contributed by atoms with Crippen LogP contribution in [-0.4, -0.2) is 33.4 Å². The molecule has 1 fully saturated rings. The number of alkyl halides is 3. The van der Waals surface area contributed by atoms with Crippen LogP contribution in [0.25, 0.3) is 0 Å². The van der Waals surface area contributed by atoms with Gasteiger partial charge in [0.05, 0.1) is 17.3 Å². The highest BCUT2D eigenvalue weighted by molar-refractivity contribution is 7.86. The van der Waals surface area contributed by atoms with Gasteiger partial charge in [0.15, 0.2) is 5.60 Å². The lowest BCUT2D eigenvalue weighted by Gasteiger charge is -2.28. The minimum absolute atomic E-state index is 0.0936. The second-order valence-electron chi connectivity index (χ2n) is 9.34. The van der Waals surface area contributed by atoms with Crippen molar-refractivity contribution < 1.29 is 27.0 Å². The number of nitrogens with one attached hydrogen (secondary N) is 1. The molecule has 0 saturated carbocycles. The highest BCUT2D eigenvalue weighted by Crippen LogP contribution is 2.44. The predicted molar refractivity (Wildman–Crippen MR) is 141 cm³/mol. The molecule has 0 spiro atoms. The van der Waals surface area contributed by atoms with E-state index in [2.05, 4.69) is 10.5 Å². The molecule has 0 radical (unpaired) electrons. The average molecular weight is 581 g/mol. The molecule has 1 atom stereocenters. The maximum atomic E-state index is 13.2. The Morgan fingerprint density at radius 1 is 1.03 bits per heavy atom. The van der Waals surface area contributed by atoms with Gasteiger partial charge >= 0.3 is 6.18 Å². The molecule has 2 heterocycles. The number of aryl methyl sites for hydroxylation is 1. The van der Waals surface area contributed by atoms with Crippen LogP contribution in [0.15, 0.2) is 65.8 Å². The summed E-state index contributed by atoms with van der Waals surface area (Å²) in [6.07, 6.45) is -4.29. The lowest BCUT2D eigenvalue weighted by Crippen LogP contribution is -2.50. The van der Waals surface area contributed by atoms with E-state index in [-0.39, 0.29) is 18.4 Å². The molecular weight excluding hydrogens is 560 g/mol. The fraction of sp³-hybridized carbons (Fsp3) is 0.259. The number of oxime groups is 1. The van der Waals surface area contributed by atoms with E-state index in [0.717, 1.165) is 12.1 Å². The van der Waals surface area contributed by atoms with Crippen LogP contribution in [-0.2, 0) is 27.4 Å². The van der Waals surface area contributed by atoms with Gasteiger partial charge in [0.25, 0.3) is 5.91 Å². The van der Waals surface area contributed by atoms with Crippen LogP contribution in [0.2, 0.25) is 10.0 Å². The fourth-order valence-corrected chi connectivity index (χ4v) is 6.12. The minimum atomic E-state index is -4.48. The van der Waals surface area contributed by atoms with Gasteiger partial charge in [-0.25, -0.2) is 0 Å². The molecule has 5 rings (SSSR count). The van der Waals surface area contributed by atoms with E-state index in [9.17, 15) is 22.2 Å². The SMILES string of the molecule is Cc1cc(C2=NOC(c3ccc(C(F)(F)F)cc3)(c3cc(Cl)cc(Cl)c3)C2)ccc1C(=O)NC1CS(=O)C1. The lowest BCUT2D eigenvalue weighted by molar-refractivity contribution is -0.137. The summed E-state index contributed by atoms with van der Waals surface area (Å²) >= 11 is 12.5. The van der Waals surface area contributed by atoms with Crippen molar-refractivity contribution in [2.75, 3.05) is 11.5 Å². The minimum Gasteiger partial charge on any atom is -0.379 e. The quantitative estimate of drug-likeness (QED) is 0.388. The third-order valence-electron chi connectivity index (χ3n) is 6.65. The summed E-state index contributed by atoms with van der Waals surface area (Å²) in [7, 11) is -0.870. The number of hydrogen-bond donors (Lipinski definition) is 1. The van der Waals surface area contributed by atoms with Crippen molar-refractivity contribution in [2.24, 2.45) is 5.16 Å². The number of amides is 1. The Bertz CT molecular complexity index is 1450. The van der Waals surface area contributed by atoms with Crippen LogP contribution in [0.5, 0.6) is 0 Å². The van der Waals surface area contributed by atoms with E-state index in [1.54, 1.807) is 37.3 Å². The number of halogens is 5. The van der Waals surface area contributed by atoms with E-state index < -0.39 is 28.1 Å². The number of benzene rings is 3. The second kappa shape index (κ2) is 10.0. The Morgan fingerprint density at radius 2 is 1.68 bits per heavy atom. The summed E-state index contributed by atoms with van der Waals surface area (Å²) in [5.74, 6) is 0.667. The van der Waals surface area contributed by atoms with Crippen LogP contribution in [0, 0.1) is 6.92 Å². The Hall–Kier alpha value is -2.88.